The second kappa shape index (κ2) is 14.4. The monoisotopic (exact) mass is 469 g/mol. The van der Waals surface area contributed by atoms with Gasteiger partial charge in [-0.1, -0.05) is 0 Å². The molecule has 0 aliphatic heterocycles. The van der Waals surface area contributed by atoms with Gasteiger partial charge in [0.1, 0.15) is 18.1 Å². The van der Waals surface area contributed by atoms with Crippen molar-refractivity contribution in [3.63, 3.8) is 0 Å². The first-order valence-corrected chi connectivity index (χ1v) is 11.1. The zero-order valence-electron chi connectivity index (χ0n) is 15.8. The fraction of sp³-hybridized carbons (Fsp3) is 0.667. The zero-order valence-corrected chi connectivity index (χ0v) is 18.4. The van der Waals surface area contributed by atoms with E-state index in [1.165, 1.54) is 11.8 Å². The summed E-state index contributed by atoms with van der Waals surface area (Å²) >= 11 is 9.38. The highest BCUT2D eigenvalue weighted by Gasteiger charge is 2.30. The smallest absolute Gasteiger partial charge is 0.326 e. The van der Waals surface area contributed by atoms with E-state index in [2.05, 4.69) is 41.2 Å². The van der Waals surface area contributed by atoms with Gasteiger partial charge in [-0.15, -0.1) is 0 Å². The standard InChI is InChI=1S/C15H27N5O6S3/c1-29-3-2-8(18-12(22)7(16)5-27)13(23)20-10(6-28)14(24)19-9(15(25)26)4-11(17)21/h7-10,27-28H,2-6,16H2,1H3,(H2,17,21)(H,18,22)(H,19,24)(H,20,23)(H,25,26). The van der Waals surface area contributed by atoms with Gasteiger partial charge in [0.05, 0.1) is 12.5 Å². The third-order valence-corrected chi connectivity index (χ3v) is 5.02. The molecule has 0 aliphatic carbocycles. The van der Waals surface area contributed by atoms with Gasteiger partial charge in [-0.2, -0.15) is 37.0 Å². The second-order valence-electron chi connectivity index (χ2n) is 5.95. The average Bonchev–Trinajstić information content (AvgIpc) is 2.66. The Hall–Kier alpha value is -1.64. The van der Waals surface area contributed by atoms with E-state index in [1.807, 2.05) is 6.26 Å². The van der Waals surface area contributed by atoms with Gasteiger partial charge in [0.15, 0.2) is 0 Å². The molecule has 29 heavy (non-hydrogen) atoms. The van der Waals surface area contributed by atoms with Crippen molar-refractivity contribution in [2.75, 3.05) is 23.5 Å². The van der Waals surface area contributed by atoms with Crippen molar-refractivity contribution < 1.29 is 29.1 Å². The number of carboxylic acids is 1. The molecule has 0 heterocycles. The highest BCUT2D eigenvalue weighted by molar-refractivity contribution is 7.98. The van der Waals surface area contributed by atoms with Crippen molar-refractivity contribution in [1.82, 2.24) is 16.0 Å². The topological polar surface area (TPSA) is 194 Å². The van der Waals surface area contributed by atoms with E-state index in [9.17, 15) is 24.0 Å². The van der Waals surface area contributed by atoms with E-state index in [0.29, 0.717) is 5.75 Å². The molecule has 0 radical (unpaired) electrons. The zero-order chi connectivity index (χ0) is 22.6. The summed E-state index contributed by atoms with van der Waals surface area (Å²) in [4.78, 5) is 59.0. The molecule has 0 aromatic heterocycles. The largest absolute Gasteiger partial charge is 0.480 e. The van der Waals surface area contributed by atoms with Crippen molar-refractivity contribution in [3.8, 4) is 0 Å². The number of carbonyl (C=O) groups is 5. The Morgan fingerprint density at radius 1 is 0.931 bits per heavy atom. The fourth-order valence-electron chi connectivity index (χ4n) is 2.01. The molecule has 14 heteroatoms. The number of primary amides is 1. The minimum Gasteiger partial charge on any atom is -0.480 e. The summed E-state index contributed by atoms with van der Waals surface area (Å²) in [6.07, 6.45) is 1.49. The van der Waals surface area contributed by atoms with E-state index >= 15 is 0 Å². The molecule has 11 nitrogen and oxygen atoms in total. The third-order valence-electron chi connectivity index (χ3n) is 3.61. The molecule has 166 valence electrons. The fourth-order valence-corrected chi connectivity index (χ4v) is 2.90. The molecule has 0 rings (SSSR count). The number of nitrogens with one attached hydrogen (secondary N) is 3. The van der Waals surface area contributed by atoms with Crippen molar-refractivity contribution in [2.24, 2.45) is 11.5 Å². The highest BCUT2D eigenvalue weighted by Crippen LogP contribution is 2.03. The van der Waals surface area contributed by atoms with Crippen molar-refractivity contribution in [2.45, 2.75) is 37.0 Å². The van der Waals surface area contributed by atoms with Crippen LogP contribution in [0, 0.1) is 0 Å². The maximum absolute atomic E-state index is 12.6. The van der Waals surface area contributed by atoms with Gasteiger partial charge in [-0.3, -0.25) is 19.2 Å². The van der Waals surface area contributed by atoms with Crippen LogP contribution < -0.4 is 27.4 Å². The lowest BCUT2D eigenvalue weighted by Crippen LogP contribution is -2.58. The number of thiol groups is 2. The summed E-state index contributed by atoms with van der Waals surface area (Å²) in [5.41, 5.74) is 10.6. The van der Waals surface area contributed by atoms with Gasteiger partial charge in [-0.05, 0) is 18.4 Å². The number of amides is 4. The van der Waals surface area contributed by atoms with Gasteiger partial charge in [0.2, 0.25) is 23.6 Å². The molecule has 4 unspecified atom stereocenters. The van der Waals surface area contributed by atoms with Crippen molar-refractivity contribution in [1.29, 1.82) is 0 Å². The second-order valence-corrected chi connectivity index (χ2v) is 7.66. The van der Waals surface area contributed by atoms with E-state index < -0.39 is 60.2 Å². The number of rotatable bonds is 14. The molecule has 0 aromatic rings. The molecular formula is C15H27N5O6S3. The predicted molar refractivity (Wildman–Crippen MR) is 116 cm³/mol. The van der Waals surface area contributed by atoms with Crippen molar-refractivity contribution in [3.05, 3.63) is 0 Å². The van der Waals surface area contributed by atoms with E-state index in [0.717, 1.165) is 0 Å². The van der Waals surface area contributed by atoms with Gasteiger partial charge in [0, 0.05) is 11.5 Å². The summed E-state index contributed by atoms with van der Waals surface area (Å²) in [6, 6.07) is -4.61. The number of hydrogen-bond acceptors (Lipinski definition) is 9. The van der Waals surface area contributed by atoms with Crippen LogP contribution in [0.2, 0.25) is 0 Å². The van der Waals surface area contributed by atoms with Gasteiger partial charge in [-0.25, -0.2) is 4.79 Å². The summed E-state index contributed by atoms with van der Waals surface area (Å²) in [5.74, 6) is -3.97. The summed E-state index contributed by atoms with van der Waals surface area (Å²) in [7, 11) is 0. The minimum atomic E-state index is -1.54. The number of nitrogens with two attached hydrogens (primary N) is 2. The normalized spacial score (nSPS) is 14.8. The molecule has 0 bridgehead atoms. The summed E-state index contributed by atoms with van der Waals surface area (Å²) in [6.45, 7) is 0. The Morgan fingerprint density at radius 3 is 1.90 bits per heavy atom. The Bertz CT molecular complexity index is 609. The van der Waals surface area contributed by atoms with Gasteiger partial charge >= 0.3 is 5.97 Å². The average molecular weight is 470 g/mol. The van der Waals surface area contributed by atoms with Crippen LogP contribution >= 0.6 is 37.0 Å². The van der Waals surface area contributed by atoms with Crippen LogP contribution in [0.5, 0.6) is 0 Å². The number of carboxylic acid groups (broad SMARTS) is 1. The van der Waals surface area contributed by atoms with Crippen LogP contribution in [0.4, 0.5) is 0 Å². The predicted octanol–water partition coefficient (Wildman–Crippen LogP) is -2.66. The van der Waals surface area contributed by atoms with E-state index in [-0.39, 0.29) is 17.9 Å². The van der Waals surface area contributed by atoms with Crippen LogP contribution in [0.25, 0.3) is 0 Å². The lowest BCUT2D eigenvalue weighted by molar-refractivity contribution is -0.143. The van der Waals surface area contributed by atoms with Gasteiger partial charge in [0.25, 0.3) is 0 Å². The van der Waals surface area contributed by atoms with Crippen LogP contribution in [-0.2, 0) is 24.0 Å². The molecule has 0 aromatic carbocycles. The molecule has 0 saturated heterocycles. The molecule has 0 aliphatic rings. The first-order chi connectivity index (χ1) is 13.6. The molecule has 0 spiro atoms. The Balaban J connectivity index is 5.15. The third kappa shape index (κ3) is 10.6. The van der Waals surface area contributed by atoms with Crippen LogP contribution in [0.1, 0.15) is 12.8 Å². The Labute approximate surface area is 183 Å². The highest BCUT2D eigenvalue weighted by atomic mass is 32.2. The molecule has 4 atom stereocenters. The minimum absolute atomic E-state index is 0.0841. The SMILES string of the molecule is CSCCC(NC(=O)C(N)CS)C(=O)NC(CS)C(=O)NC(CC(N)=O)C(=O)O. The first kappa shape index (κ1) is 27.4. The molecule has 8 N–H and O–H groups in total. The maximum Gasteiger partial charge on any atom is 0.326 e. The number of carbonyl (C=O) groups excluding carboxylic acids is 4. The summed E-state index contributed by atoms with van der Waals surface area (Å²) in [5, 5.41) is 16.1. The van der Waals surface area contributed by atoms with E-state index in [4.69, 9.17) is 16.6 Å². The summed E-state index contributed by atoms with van der Waals surface area (Å²) < 4.78 is 0. The number of aliphatic carboxylic acids is 1. The Kier molecular flexibility index (Phi) is 13.5. The molecule has 0 fully saturated rings. The molecule has 0 saturated carbocycles. The lowest BCUT2D eigenvalue weighted by atomic mass is 10.1. The van der Waals surface area contributed by atoms with Crippen LogP contribution in [-0.4, -0.2) is 82.4 Å². The molecule has 4 amide bonds. The Morgan fingerprint density at radius 2 is 1.45 bits per heavy atom. The first-order valence-electron chi connectivity index (χ1n) is 8.45. The van der Waals surface area contributed by atoms with E-state index in [1.54, 1.807) is 0 Å². The maximum atomic E-state index is 12.6. The van der Waals surface area contributed by atoms with Crippen LogP contribution in [0.3, 0.4) is 0 Å². The molecular weight excluding hydrogens is 442 g/mol. The number of thioether (sulfide) groups is 1. The number of hydrogen-bond donors (Lipinski definition) is 8. The quantitative estimate of drug-likeness (QED) is 0.126. The van der Waals surface area contributed by atoms with Crippen molar-refractivity contribution >= 4 is 66.6 Å². The van der Waals surface area contributed by atoms with Gasteiger partial charge < -0.3 is 32.5 Å². The lowest BCUT2D eigenvalue weighted by Gasteiger charge is -2.24. The van der Waals surface area contributed by atoms with Crippen LogP contribution in [0.15, 0.2) is 0 Å².